The van der Waals surface area contributed by atoms with Crippen molar-refractivity contribution >= 4 is 6.29 Å². The van der Waals surface area contributed by atoms with E-state index in [-0.39, 0.29) is 0 Å². The molecule has 0 saturated heterocycles. The first-order chi connectivity index (χ1) is 4.38. The van der Waals surface area contributed by atoms with Crippen LogP contribution < -0.4 is 0 Å². The predicted molar refractivity (Wildman–Crippen MR) is 37.1 cm³/mol. The van der Waals surface area contributed by atoms with Crippen molar-refractivity contribution in [3.05, 3.63) is 12.2 Å². The van der Waals surface area contributed by atoms with Crippen molar-refractivity contribution < 1.29 is 4.79 Å². The van der Waals surface area contributed by atoms with Gasteiger partial charge in [0.25, 0.3) is 0 Å². The topological polar surface area (TPSA) is 17.1 Å². The van der Waals surface area contributed by atoms with Gasteiger partial charge in [-0.15, -0.1) is 0 Å². The molecule has 1 rings (SSSR count). The summed E-state index contributed by atoms with van der Waals surface area (Å²) in [5.41, 5.74) is 0. The highest BCUT2D eigenvalue weighted by Gasteiger charge is 2.27. The first-order valence-corrected chi connectivity index (χ1v) is 3.46. The van der Waals surface area contributed by atoms with Gasteiger partial charge in [0.2, 0.25) is 0 Å². The van der Waals surface area contributed by atoms with E-state index in [0.717, 1.165) is 12.7 Å². The highest BCUT2D eigenvalue weighted by molar-refractivity contribution is 5.56. The molecule has 0 amide bonds. The fourth-order valence-corrected chi connectivity index (χ4v) is 1.21. The molecule has 1 heteroatoms. The maximum absolute atomic E-state index is 10.2. The second kappa shape index (κ2) is 2.81. The Balaban J connectivity index is 2.35. The van der Waals surface area contributed by atoms with Crippen molar-refractivity contribution in [3.8, 4) is 0 Å². The van der Waals surface area contributed by atoms with Gasteiger partial charge in [-0.2, -0.15) is 0 Å². The van der Waals surface area contributed by atoms with E-state index in [1.807, 2.05) is 13.0 Å². The molecule has 0 N–H and O–H groups in total. The van der Waals surface area contributed by atoms with Crippen LogP contribution in [-0.4, -0.2) is 6.29 Å². The van der Waals surface area contributed by atoms with Crippen LogP contribution in [0.5, 0.6) is 0 Å². The first kappa shape index (κ1) is 6.53. The summed E-state index contributed by atoms with van der Waals surface area (Å²) < 4.78 is 0. The van der Waals surface area contributed by atoms with Gasteiger partial charge in [-0.05, 0) is 25.7 Å². The third kappa shape index (κ3) is 1.21. The number of carbonyl (C=O) groups excluding carboxylic acids is 1. The number of rotatable bonds is 2. The molecule has 1 aliphatic carbocycles. The lowest BCUT2D eigenvalue weighted by Gasteiger charge is -2.29. The zero-order valence-corrected chi connectivity index (χ0v) is 5.71. The highest BCUT2D eigenvalue weighted by atomic mass is 16.1. The van der Waals surface area contributed by atoms with Crippen LogP contribution in [0.15, 0.2) is 12.2 Å². The number of aldehydes is 1. The summed E-state index contributed by atoms with van der Waals surface area (Å²) in [7, 11) is 0. The van der Waals surface area contributed by atoms with Gasteiger partial charge in [-0.3, -0.25) is 0 Å². The third-order valence-electron chi connectivity index (χ3n) is 2.00. The van der Waals surface area contributed by atoms with Crippen LogP contribution in [0.2, 0.25) is 0 Å². The molecule has 0 aromatic carbocycles. The zero-order valence-electron chi connectivity index (χ0n) is 5.71. The molecule has 2 atom stereocenters. The Morgan fingerprint density at radius 2 is 2.00 bits per heavy atom. The molecule has 0 spiro atoms. The van der Waals surface area contributed by atoms with Gasteiger partial charge in [-0.25, -0.2) is 0 Å². The largest absolute Gasteiger partial charge is 0.303 e. The molecule has 0 aromatic rings. The molecular weight excluding hydrogens is 112 g/mol. The predicted octanol–water partition coefficient (Wildman–Crippen LogP) is 1.79. The molecule has 50 valence electrons. The Morgan fingerprint density at radius 1 is 1.33 bits per heavy atom. The Labute approximate surface area is 55.8 Å². The van der Waals surface area contributed by atoms with Crippen molar-refractivity contribution in [2.24, 2.45) is 11.8 Å². The maximum Gasteiger partial charge on any atom is 0.123 e. The van der Waals surface area contributed by atoms with Gasteiger partial charge in [0.1, 0.15) is 6.29 Å². The van der Waals surface area contributed by atoms with Crippen molar-refractivity contribution in [1.82, 2.24) is 0 Å². The molecule has 9 heavy (non-hydrogen) atoms. The van der Waals surface area contributed by atoms with Crippen LogP contribution >= 0.6 is 0 Å². The molecule has 1 aliphatic rings. The fraction of sp³-hybridized carbons (Fsp3) is 0.625. The van der Waals surface area contributed by atoms with E-state index in [4.69, 9.17) is 0 Å². The van der Waals surface area contributed by atoms with Crippen LogP contribution in [0.4, 0.5) is 0 Å². The van der Waals surface area contributed by atoms with E-state index in [0.29, 0.717) is 11.8 Å². The van der Waals surface area contributed by atoms with Crippen molar-refractivity contribution in [1.29, 1.82) is 0 Å². The van der Waals surface area contributed by atoms with Gasteiger partial charge in [0.05, 0.1) is 0 Å². The van der Waals surface area contributed by atoms with Crippen LogP contribution in [-0.2, 0) is 4.79 Å². The third-order valence-corrected chi connectivity index (χ3v) is 2.00. The lowest BCUT2D eigenvalue weighted by molar-refractivity contribution is -0.114. The minimum atomic E-state index is 0.334. The summed E-state index contributed by atoms with van der Waals surface area (Å²) >= 11 is 0. The zero-order chi connectivity index (χ0) is 6.69. The summed E-state index contributed by atoms with van der Waals surface area (Å²) in [6, 6.07) is 0. The van der Waals surface area contributed by atoms with Gasteiger partial charge in [0, 0.05) is 5.92 Å². The van der Waals surface area contributed by atoms with Crippen LogP contribution in [0.1, 0.15) is 19.8 Å². The maximum atomic E-state index is 10.2. The van der Waals surface area contributed by atoms with E-state index in [1.54, 1.807) is 0 Å². The second-order valence-corrected chi connectivity index (χ2v) is 2.57. The Morgan fingerprint density at radius 3 is 2.33 bits per heavy atom. The number of hydrogen-bond acceptors (Lipinski definition) is 1. The smallest absolute Gasteiger partial charge is 0.123 e. The van der Waals surface area contributed by atoms with E-state index >= 15 is 0 Å². The quantitative estimate of drug-likeness (QED) is 0.405. The van der Waals surface area contributed by atoms with Crippen molar-refractivity contribution in [3.63, 3.8) is 0 Å². The van der Waals surface area contributed by atoms with E-state index in [2.05, 4.69) is 6.08 Å². The number of hydrogen-bond donors (Lipinski definition) is 0. The average molecular weight is 124 g/mol. The van der Waals surface area contributed by atoms with Crippen LogP contribution in [0.3, 0.4) is 0 Å². The molecule has 2 unspecified atom stereocenters. The SMILES string of the molecule is C/C=C/C1CCC1C=O. The van der Waals surface area contributed by atoms with Crippen molar-refractivity contribution in [2.45, 2.75) is 19.8 Å². The Kier molecular flexibility index (Phi) is 2.04. The number of carbonyl (C=O) groups is 1. The summed E-state index contributed by atoms with van der Waals surface area (Å²) in [6.45, 7) is 2.00. The highest BCUT2D eigenvalue weighted by Crippen LogP contribution is 2.33. The first-order valence-electron chi connectivity index (χ1n) is 3.46. The molecule has 1 fully saturated rings. The molecule has 0 bridgehead atoms. The standard InChI is InChI=1S/C8H12O/c1-2-3-7-4-5-8(7)6-9/h2-3,6-8H,4-5H2,1H3/b3-2+. The van der Waals surface area contributed by atoms with Gasteiger partial charge in [0.15, 0.2) is 0 Å². The molecule has 1 saturated carbocycles. The lowest BCUT2D eigenvalue weighted by Crippen LogP contribution is -2.24. The fourth-order valence-electron chi connectivity index (χ4n) is 1.21. The Bertz CT molecular complexity index is 127. The summed E-state index contributed by atoms with van der Waals surface area (Å²) in [6.07, 6.45) is 7.53. The van der Waals surface area contributed by atoms with Crippen molar-refractivity contribution in [2.75, 3.05) is 0 Å². The lowest BCUT2D eigenvalue weighted by atomic mass is 9.74. The molecule has 1 nitrogen and oxygen atoms in total. The monoisotopic (exact) mass is 124 g/mol. The van der Waals surface area contributed by atoms with Crippen LogP contribution in [0.25, 0.3) is 0 Å². The van der Waals surface area contributed by atoms with E-state index < -0.39 is 0 Å². The summed E-state index contributed by atoms with van der Waals surface area (Å²) in [4.78, 5) is 10.2. The molecule has 0 heterocycles. The van der Waals surface area contributed by atoms with Gasteiger partial charge in [-0.1, -0.05) is 12.2 Å². The normalized spacial score (nSPS) is 34.3. The summed E-state index contributed by atoms with van der Waals surface area (Å²) in [5.74, 6) is 0.897. The minimum Gasteiger partial charge on any atom is -0.303 e. The number of allylic oxidation sites excluding steroid dienone is 2. The van der Waals surface area contributed by atoms with Gasteiger partial charge < -0.3 is 4.79 Å². The van der Waals surface area contributed by atoms with Crippen LogP contribution in [0, 0.1) is 11.8 Å². The average Bonchev–Trinajstić information content (AvgIpc) is 1.82. The van der Waals surface area contributed by atoms with E-state index in [9.17, 15) is 4.79 Å². The van der Waals surface area contributed by atoms with E-state index in [1.165, 1.54) is 6.42 Å². The second-order valence-electron chi connectivity index (χ2n) is 2.57. The molecular formula is C8H12O. The molecule has 0 aliphatic heterocycles. The summed E-state index contributed by atoms with van der Waals surface area (Å²) in [5, 5.41) is 0. The molecule has 0 aromatic heterocycles. The van der Waals surface area contributed by atoms with Gasteiger partial charge >= 0.3 is 0 Å². The Hall–Kier alpha value is -0.590. The minimum absolute atomic E-state index is 0.334. The molecule has 0 radical (unpaired) electrons.